The largest absolute Gasteiger partial charge is 0.465 e. The number of ketones is 1. The number of hydrogen-bond acceptors (Lipinski definition) is 3. The molecular weight excluding hydrogens is 338 g/mol. The van der Waals surface area contributed by atoms with Crippen molar-refractivity contribution in [1.29, 1.82) is 0 Å². The van der Waals surface area contributed by atoms with Gasteiger partial charge in [-0.25, -0.2) is 4.79 Å². The number of nitrogens with one attached hydrogen (secondary N) is 1. The summed E-state index contributed by atoms with van der Waals surface area (Å²) in [4.78, 5) is 28.4. The van der Waals surface area contributed by atoms with Crippen LogP contribution in [0.2, 0.25) is 0 Å². The van der Waals surface area contributed by atoms with E-state index in [9.17, 15) is 9.59 Å². The molecule has 138 valence electrons. The molecule has 27 heavy (non-hydrogen) atoms. The lowest BCUT2D eigenvalue weighted by Gasteiger charge is -2.22. The molecule has 0 fully saturated rings. The molecule has 0 amide bonds. The van der Waals surface area contributed by atoms with Crippen LogP contribution in [0.3, 0.4) is 0 Å². The monoisotopic (exact) mass is 361 g/mol. The van der Waals surface area contributed by atoms with Gasteiger partial charge in [-0.05, 0) is 44.4 Å². The van der Waals surface area contributed by atoms with E-state index in [-0.39, 0.29) is 11.7 Å². The molecule has 0 aliphatic heterocycles. The van der Waals surface area contributed by atoms with Crippen LogP contribution < -0.4 is 0 Å². The first kappa shape index (κ1) is 17.5. The normalized spacial score (nSPS) is 16.4. The second kappa shape index (κ2) is 6.69. The topological polar surface area (TPSA) is 59.2 Å². The van der Waals surface area contributed by atoms with E-state index < -0.39 is 5.97 Å². The standard InChI is InChI=1S/C23H23NO3/c1-13-9-14(2)11-15(10-13)12-16-7-8-19(25)21-20-17(23(26)27-3)5-4-6-18(20)24-22(16)21/h4-6,9-11,16,24H,7-8,12H2,1-3H3. The number of aromatic nitrogens is 1. The molecule has 1 atom stereocenters. The molecule has 0 saturated carbocycles. The zero-order valence-electron chi connectivity index (χ0n) is 15.9. The Morgan fingerprint density at radius 2 is 1.93 bits per heavy atom. The zero-order chi connectivity index (χ0) is 19.1. The van der Waals surface area contributed by atoms with E-state index in [2.05, 4.69) is 37.0 Å². The van der Waals surface area contributed by atoms with E-state index in [4.69, 9.17) is 4.74 Å². The third-order valence-electron chi connectivity index (χ3n) is 5.43. The molecule has 4 heteroatoms. The molecule has 3 aromatic rings. The number of benzene rings is 2. The quantitative estimate of drug-likeness (QED) is 0.677. The van der Waals surface area contributed by atoms with Crippen LogP contribution in [-0.2, 0) is 11.2 Å². The summed E-state index contributed by atoms with van der Waals surface area (Å²) in [6.07, 6.45) is 2.20. The van der Waals surface area contributed by atoms with Crippen LogP contribution in [0.1, 0.15) is 61.9 Å². The number of fused-ring (bicyclic) bond motifs is 3. The van der Waals surface area contributed by atoms with Gasteiger partial charge in [0.25, 0.3) is 0 Å². The Morgan fingerprint density at radius 3 is 2.63 bits per heavy atom. The Kier molecular flexibility index (Phi) is 4.34. The van der Waals surface area contributed by atoms with Crippen LogP contribution in [-0.4, -0.2) is 23.8 Å². The van der Waals surface area contributed by atoms with Gasteiger partial charge in [-0.2, -0.15) is 0 Å². The predicted octanol–water partition coefficient (Wildman–Crippen LogP) is 4.87. The summed E-state index contributed by atoms with van der Waals surface area (Å²) in [6.45, 7) is 4.22. The maximum atomic E-state index is 12.8. The van der Waals surface area contributed by atoms with Gasteiger partial charge in [-0.15, -0.1) is 0 Å². The van der Waals surface area contributed by atoms with Crippen molar-refractivity contribution in [2.24, 2.45) is 0 Å². The number of methoxy groups -OCH3 is 1. The van der Waals surface area contributed by atoms with Gasteiger partial charge in [0.2, 0.25) is 0 Å². The van der Waals surface area contributed by atoms with Crippen molar-refractivity contribution in [3.05, 3.63) is 69.9 Å². The van der Waals surface area contributed by atoms with Crippen LogP contribution in [0.5, 0.6) is 0 Å². The highest BCUT2D eigenvalue weighted by atomic mass is 16.5. The molecule has 0 spiro atoms. The number of hydrogen-bond donors (Lipinski definition) is 1. The van der Waals surface area contributed by atoms with E-state index in [1.54, 1.807) is 6.07 Å². The highest BCUT2D eigenvalue weighted by Crippen LogP contribution is 2.39. The average Bonchev–Trinajstić information content (AvgIpc) is 3.03. The van der Waals surface area contributed by atoms with Crippen LogP contribution in [0, 0.1) is 13.8 Å². The van der Waals surface area contributed by atoms with Crippen molar-refractivity contribution in [2.45, 2.75) is 39.0 Å². The molecule has 0 saturated heterocycles. The number of carbonyl (C=O) groups is 2. The third-order valence-corrected chi connectivity index (χ3v) is 5.43. The Hall–Kier alpha value is -2.88. The van der Waals surface area contributed by atoms with Crippen LogP contribution >= 0.6 is 0 Å². The first-order valence-corrected chi connectivity index (χ1v) is 9.31. The molecule has 2 aromatic carbocycles. The molecule has 1 aliphatic rings. The summed E-state index contributed by atoms with van der Waals surface area (Å²) in [6, 6.07) is 12.1. The zero-order valence-corrected chi connectivity index (χ0v) is 15.9. The highest BCUT2D eigenvalue weighted by Gasteiger charge is 2.31. The SMILES string of the molecule is COC(=O)c1cccc2[nH]c3c(c12)C(=O)CCC3Cc1cc(C)cc(C)c1. The number of aromatic amines is 1. The fourth-order valence-corrected chi connectivity index (χ4v) is 4.39. The van der Waals surface area contributed by atoms with Crippen LogP contribution in [0.25, 0.3) is 10.9 Å². The lowest BCUT2D eigenvalue weighted by atomic mass is 9.81. The summed E-state index contributed by atoms with van der Waals surface area (Å²) < 4.78 is 4.92. The van der Waals surface area contributed by atoms with Gasteiger partial charge >= 0.3 is 5.97 Å². The Balaban J connectivity index is 1.83. The molecule has 1 heterocycles. The summed E-state index contributed by atoms with van der Waals surface area (Å²) in [5, 5.41) is 0.703. The summed E-state index contributed by atoms with van der Waals surface area (Å²) in [5.41, 5.74) is 6.69. The van der Waals surface area contributed by atoms with Crippen LogP contribution in [0.4, 0.5) is 0 Å². The van der Waals surface area contributed by atoms with Crippen molar-refractivity contribution in [3.63, 3.8) is 0 Å². The van der Waals surface area contributed by atoms with E-state index in [1.165, 1.54) is 23.8 Å². The molecule has 1 aromatic heterocycles. The summed E-state index contributed by atoms with van der Waals surface area (Å²) in [5.74, 6) is -0.0762. The number of esters is 1. The average molecular weight is 361 g/mol. The minimum atomic E-state index is -0.411. The van der Waals surface area contributed by atoms with E-state index >= 15 is 0 Å². The summed E-state index contributed by atoms with van der Waals surface area (Å²) >= 11 is 0. The van der Waals surface area contributed by atoms with Gasteiger partial charge in [0.1, 0.15) is 0 Å². The number of ether oxygens (including phenoxy) is 1. The minimum absolute atomic E-state index is 0.101. The molecule has 0 bridgehead atoms. The Bertz CT molecular complexity index is 1040. The van der Waals surface area contributed by atoms with Crippen LogP contribution in [0.15, 0.2) is 36.4 Å². The second-order valence-electron chi connectivity index (χ2n) is 7.49. The predicted molar refractivity (Wildman–Crippen MR) is 106 cm³/mol. The van der Waals surface area contributed by atoms with Gasteiger partial charge in [0.05, 0.1) is 12.7 Å². The lowest BCUT2D eigenvalue weighted by Crippen LogP contribution is -2.17. The minimum Gasteiger partial charge on any atom is -0.465 e. The van der Waals surface area contributed by atoms with Gasteiger partial charge < -0.3 is 9.72 Å². The lowest BCUT2D eigenvalue weighted by molar-refractivity contribution is 0.0603. The third kappa shape index (κ3) is 3.05. The molecular formula is C23H23NO3. The van der Waals surface area contributed by atoms with Crippen molar-refractivity contribution >= 4 is 22.7 Å². The van der Waals surface area contributed by atoms with Crippen molar-refractivity contribution in [1.82, 2.24) is 4.98 Å². The maximum absolute atomic E-state index is 12.8. The molecule has 1 aliphatic carbocycles. The maximum Gasteiger partial charge on any atom is 0.338 e. The van der Waals surface area contributed by atoms with Gasteiger partial charge in [0, 0.05) is 34.5 Å². The Morgan fingerprint density at radius 1 is 1.19 bits per heavy atom. The fraction of sp³-hybridized carbons (Fsp3) is 0.304. The van der Waals surface area contributed by atoms with Crippen molar-refractivity contribution in [2.75, 3.05) is 7.11 Å². The van der Waals surface area contributed by atoms with Crippen molar-refractivity contribution < 1.29 is 14.3 Å². The number of Topliss-reactive ketones (excluding diaryl/α,β-unsaturated/α-hetero) is 1. The molecule has 4 rings (SSSR count). The first-order valence-electron chi connectivity index (χ1n) is 9.31. The highest BCUT2D eigenvalue weighted by molar-refractivity contribution is 6.16. The molecule has 1 N–H and O–H groups in total. The Labute approximate surface area is 158 Å². The van der Waals surface area contributed by atoms with Crippen molar-refractivity contribution in [3.8, 4) is 0 Å². The number of aryl methyl sites for hydroxylation is 2. The number of rotatable bonds is 3. The number of H-pyrrole nitrogens is 1. The fourth-order valence-electron chi connectivity index (χ4n) is 4.39. The van der Waals surface area contributed by atoms with E-state index in [0.717, 1.165) is 24.1 Å². The second-order valence-corrected chi connectivity index (χ2v) is 7.49. The summed E-state index contributed by atoms with van der Waals surface area (Å²) in [7, 11) is 1.37. The van der Waals surface area contributed by atoms with E-state index in [0.29, 0.717) is 22.9 Å². The smallest absolute Gasteiger partial charge is 0.338 e. The van der Waals surface area contributed by atoms with Gasteiger partial charge in [-0.1, -0.05) is 35.4 Å². The molecule has 4 nitrogen and oxygen atoms in total. The molecule has 1 unspecified atom stereocenters. The van der Waals surface area contributed by atoms with Gasteiger partial charge in [0.15, 0.2) is 5.78 Å². The van der Waals surface area contributed by atoms with E-state index in [1.807, 2.05) is 12.1 Å². The van der Waals surface area contributed by atoms with Gasteiger partial charge in [-0.3, -0.25) is 4.79 Å². The molecule has 0 radical (unpaired) electrons. The number of carbonyl (C=O) groups excluding carboxylic acids is 2. The first-order chi connectivity index (χ1) is 13.0.